The van der Waals surface area contributed by atoms with Crippen LogP contribution in [0.1, 0.15) is 26.7 Å². The maximum atomic E-state index is 4.16. The minimum Gasteiger partial charge on any atom is -0.0953 e. The third-order valence-electron chi connectivity index (χ3n) is 4.19. The Bertz CT molecular complexity index is 210. The Labute approximate surface area is 75.4 Å². The van der Waals surface area contributed by atoms with Crippen LogP contribution >= 0.6 is 0 Å². The minimum absolute atomic E-state index is 0.748. The molecule has 0 aliphatic heterocycles. The molecule has 2 bridgehead atoms. The van der Waals surface area contributed by atoms with Gasteiger partial charge in [-0.25, -0.2) is 0 Å². The van der Waals surface area contributed by atoms with Crippen LogP contribution in [0.5, 0.6) is 0 Å². The summed E-state index contributed by atoms with van der Waals surface area (Å²) in [5.41, 5.74) is 2.72. The van der Waals surface area contributed by atoms with Crippen molar-refractivity contribution < 1.29 is 0 Å². The lowest BCUT2D eigenvalue weighted by molar-refractivity contribution is 0.129. The van der Waals surface area contributed by atoms with E-state index < -0.39 is 0 Å². The van der Waals surface area contributed by atoms with Crippen molar-refractivity contribution in [2.24, 2.45) is 23.7 Å². The summed E-state index contributed by atoms with van der Waals surface area (Å²) in [7, 11) is 0. The SMILES string of the molecule is C=C1C(=C)C2CCC1C(C)C2C. The molecule has 0 aromatic rings. The fourth-order valence-electron chi connectivity index (χ4n) is 3.08. The molecule has 0 amide bonds. The third kappa shape index (κ3) is 0.840. The maximum Gasteiger partial charge on any atom is -0.0137 e. The minimum atomic E-state index is 0.748. The van der Waals surface area contributed by atoms with Crippen molar-refractivity contribution in [1.82, 2.24) is 0 Å². The fourth-order valence-corrected chi connectivity index (χ4v) is 3.08. The zero-order valence-corrected chi connectivity index (χ0v) is 8.14. The Morgan fingerprint density at radius 3 is 1.58 bits per heavy atom. The molecule has 4 atom stereocenters. The van der Waals surface area contributed by atoms with E-state index in [1.54, 1.807) is 0 Å². The Morgan fingerprint density at radius 1 is 0.917 bits per heavy atom. The van der Waals surface area contributed by atoms with Gasteiger partial charge in [-0.1, -0.05) is 27.0 Å². The van der Waals surface area contributed by atoms with E-state index in [0.29, 0.717) is 0 Å². The van der Waals surface area contributed by atoms with Crippen LogP contribution in [0.2, 0.25) is 0 Å². The molecule has 3 fully saturated rings. The predicted molar refractivity (Wildman–Crippen MR) is 52.8 cm³/mol. The summed E-state index contributed by atoms with van der Waals surface area (Å²) in [5, 5.41) is 0. The summed E-state index contributed by atoms with van der Waals surface area (Å²) in [4.78, 5) is 0. The van der Waals surface area contributed by atoms with Gasteiger partial charge < -0.3 is 0 Å². The average molecular weight is 162 g/mol. The molecule has 0 radical (unpaired) electrons. The molecule has 0 heterocycles. The molecule has 0 N–H and O–H groups in total. The predicted octanol–water partition coefficient (Wildman–Crippen LogP) is 3.41. The van der Waals surface area contributed by atoms with Gasteiger partial charge in [-0.2, -0.15) is 0 Å². The second-order valence-electron chi connectivity index (χ2n) is 4.56. The first kappa shape index (κ1) is 8.10. The van der Waals surface area contributed by atoms with E-state index in [1.807, 2.05) is 0 Å². The highest BCUT2D eigenvalue weighted by molar-refractivity contribution is 5.36. The number of hydrogen-bond donors (Lipinski definition) is 0. The van der Waals surface area contributed by atoms with Crippen molar-refractivity contribution in [1.29, 1.82) is 0 Å². The monoisotopic (exact) mass is 162 g/mol. The smallest absolute Gasteiger partial charge is 0.0137 e. The summed E-state index contributed by atoms with van der Waals surface area (Å²) >= 11 is 0. The lowest BCUT2D eigenvalue weighted by Gasteiger charge is -2.48. The topological polar surface area (TPSA) is 0 Å². The van der Waals surface area contributed by atoms with Crippen LogP contribution in [0, 0.1) is 23.7 Å². The summed E-state index contributed by atoms with van der Waals surface area (Å²) in [6.45, 7) is 13.1. The Balaban J connectivity index is 2.35. The lowest BCUT2D eigenvalue weighted by atomic mass is 9.56. The fraction of sp³-hybridized carbons (Fsp3) is 0.667. The van der Waals surface area contributed by atoms with Gasteiger partial charge in [0.15, 0.2) is 0 Å². The van der Waals surface area contributed by atoms with Crippen LogP contribution in [-0.4, -0.2) is 0 Å². The first-order chi connectivity index (χ1) is 5.63. The molecule has 3 rings (SSSR count). The molecule has 66 valence electrons. The van der Waals surface area contributed by atoms with Gasteiger partial charge >= 0.3 is 0 Å². The van der Waals surface area contributed by atoms with E-state index in [-0.39, 0.29) is 0 Å². The van der Waals surface area contributed by atoms with Gasteiger partial charge in [0, 0.05) is 0 Å². The Hall–Kier alpha value is -0.520. The first-order valence-corrected chi connectivity index (χ1v) is 5.01. The Morgan fingerprint density at radius 2 is 1.25 bits per heavy atom. The Kier molecular flexibility index (Phi) is 1.67. The average Bonchev–Trinajstić information content (AvgIpc) is 2.05. The summed E-state index contributed by atoms with van der Waals surface area (Å²) < 4.78 is 0. The second kappa shape index (κ2) is 2.48. The molecular formula is C12H18. The van der Waals surface area contributed by atoms with Crippen LogP contribution in [0.15, 0.2) is 24.3 Å². The van der Waals surface area contributed by atoms with Crippen molar-refractivity contribution >= 4 is 0 Å². The van der Waals surface area contributed by atoms with Crippen molar-refractivity contribution in [2.45, 2.75) is 26.7 Å². The van der Waals surface area contributed by atoms with Crippen LogP contribution in [0.4, 0.5) is 0 Å². The summed E-state index contributed by atoms with van der Waals surface area (Å²) in [6.07, 6.45) is 2.71. The molecule has 0 aromatic carbocycles. The van der Waals surface area contributed by atoms with Crippen molar-refractivity contribution in [2.75, 3.05) is 0 Å². The van der Waals surface area contributed by atoms with Crippen LogP contribution in [0.3, 0.4) is 0 Å². The molecule has 0 saturated heterocycles. The molecule has 0 aromatic heterocycles. The van der Waals surface area contributed by atoms with E-state index in [2.05, 4.69) is 27.0 Å². The zero-order chi connectivity index (χ0) is 8.88. The number of hydrogen-bond acceptors (Lipinski definition) is 0. The van der Waals surface area contributed by atoms with E-state index in [4.69, 9.17) is 0 Å². The summed E-state index contributed by atoms with van der Waals surface area (Å²) in [5.74, 6) is 3.17. The van der Waals surface area contributed by atoms with Gasteiger partial charge in [-0.3, -0.25) is 0 Å². The highest BCUT2D eigenvalue weighted by Crippen LogP contribution is 2.52. The molecule has 12 heavy (non-hydrogen) atoms. The van der Waals surface area contributed by atoms with Crippen LogP contribution in [0.25, 0.3) is 0 Å². The summed E-state index contributed by atoms with van der Waals surface area (Å²) in [6, 6.07) is 0. The van der Waals surface area contributed by atoms with Gasteiger partial charge in [0.05, 0.1) is 0 Å². The van der Waals surface area contributed by atoms with Crippen molar-refractivity contribution in [3.05, 3.63) is 24.3 Å². The second-order valence-corrected chi connectivity index (χ2v) is 4.56. The van der Waals surface area contributed by atoms with Gasteiger partial charge in [0.25, 0.3) is 0 Å². The number of fused-ring (bicyclic) bond motifs is 3. The third-order valence-corrected chi connectivity index (χ3v) is 4.19. The molecular weight excluding hydrogens is 144 g/mol. The first-order valence-electron chi connectivity index (χ1n) is 5.01. The number of allylic oxidation sites excluding steroid dienone is 2. The van der Waals surface area contributed by atoms with Crippen molar-refractivity contribution in [3.8, 4) is 0 Å². The van der Waals surface area contributed by atoms with Crippen LogP contribution in [-0.2, 0) is 0 Å². The lowest BCUT2D eigenvalue weighted by Crippen LogP contribution is -2.39. The highest BCUT2D eigenvalue weighted by Gasteiger charge is 2.42. The van der Waals surface area contributed by atoms with Crippen molar-refractivity contribution in [3.63, 3.8) is 0 Å². The quantitative estimate of drug-likeness (QED) is 0.512. The van der Waals surface area contributed by atoms with Gasteiger partial charge in [-0.05, 0) is 47.7 Å². The number of rotatable bonds is 0. The van der Waals surface area contributed by atoms with Gasteiger partial charge in [0.1, 0.15) is 0 Å². The largest absolute Gasteiger partial charge is 0.0953 e. The standard InChI is InChI=1S/C12H18/c1-7-8(2)12-6-5-11(7)9(3)10(12)4/h9-12H,1-2,5-6H2,3-4H3. The molecule has 0 nitrogen and oxygen atoms in total. The molecule has 0 spiro atoms. The normalized spacial score (nSPS) is 46.8. The maximum absolute atomic E-state index is 4.16. The highest BCUT2D eigenvalue weighted by atomic mass is 14.5. The van der Waals surface area contributed by atoms with Gasteiger partial charge in [0.2, 0.25) is 0 Å². The molecule has 3 saturated carbocycles. The molecule has 3 aliphatic carbocycles. The van der Waals surface area contributed by atoms with Crippen LogP contribution < -0.4 is 0 Å². The van der Waals surface area contributed by atoms with E-state index in [1.165, 1.54) is 24.0 Å². The van der Waals surface area contributed by atoms with Gasteiger partial charge in [-0.15, -0.1) is 0 Å². The van der Waals surface area contributed by atoms with E-state index >= 15 is 0 Å². The molecule has 4 unspecified atom stereocenters. The molecule has 3 aliphatic rings. The van der Waals surface area contributed by atoms with E-state index in [9.17, 15) is 0 Å². The molecule has 0 heteroatoms. The zero-order valence-electron chi connectivity index (χ0n) is 8.14. The van der Waals surface area contributed by atoms with E-state index in [0.717, 1.165) is 23.7 Å².